The SMILES string of the molecule is CC(N)c1oc(-c2ccc(OC(F)F)c(OCC3CC3)c2)nc1C(=O)NCc1ccc(Cl)cc1Cl.Cl. The zero-order chi connectivity index (χ0) is 25.1. The topological polar surface area (TPSA) is 99.6 Å². The Kier molecular flexibility index (Phi) is 9.41. The molecule has 7 nitrogen and oxygen atoms in total. The molecule has 36 heavy (non-hydrogen) atoms. The van der Waals surface area contributed by atoms with Gasteiger partial charge in [-0.3, -0.25) is 4.79 Å². The zero-order valence-electron chi connectivity index (χ0n) is 19.1. The molecule has 2 aromatic carbocycles. The van der Waals surface area contributed by atoms with E-state index in [1.165, 1.54) is 18.2 Å². The standard InChI is InChI=1S/C24H23Cl2F2N3O4.ClH/c1-12(29)21-20(22(32)30-10-15-4-6-16(25)9-17(15)26)31-23(35-21)14-5-7-18(34-24(27)28)19(8-14)33-11-13-2-3-13;/h4-9,12-13,24H,2-3,10-11,29H2,1H3,(H,30,32);1H. The van der Waals surface area contributed by atoms with Crippen LogP contribution >= 0.6 is 35.6 Å². The van der Waals surface area contributed by atoms with E-state index < -0.39 is 18.6 Å². The number of rotatable bonds is 10. The van der Waals surface area contributed by atoms with Gasteiger partial charge in [0.15, 0.2) is 23.0 Å². The molecule has 1 aliphatic rings. The first-order valence-corrected chi connectivity index (χ1v) is 11.7. The van der Waals surface area contributed by atoms with E-state index in [1.54, 1.807) is 25.1 Å². The van der Waals surface area contributed by atoms with Crippen molar-refractivity contribution in [2.24, 2.45) is 11.7 Å². The molecular weight excluding hydrogens is 539 g/mol. The van der Waals surface area contributed by atoms with Crippen LogP contribution in [-0.4, -0.2) is 24.1 Å². The van der Waals surface area contributed by atoms with Crippen molar-refractivity contribution in [2.45, 2.75) is 39.0 Å². The van der Waals surface area contributed by atoms with Crippen LogP contribution in [0.5, 0.6) is 11.5 Å². The maximum absolute atomic E-state index is 12.9. The van der Waals surface area contributed by atoms with Crippen molar-refractivity contribution in [1.29, 1.82) is 0 Å². The lowest BCUT2D eigenvalue weighted by Gasteiger charge is -2.12. The van der Waals surface area contributed by atoms with E-state index in [-0.39, 0.29) is 47.8 Å². The van der Waals surface area contributed by atoms with E-state index >= 15 is 0 Å². The van der Waals surface area contributed by atoms with E-state index in [0.29, 0.717) is 33.7 Å². The number of hydrogen-bond donors (Lipinski definition) is 2. The van der Waals surface area contributed by atoms with Crippen LogP contribution in [0.2, 0.25) is 10.0 Å². The molecular formula is C24H24Cl3F2N3O4. The second-order valence-electron chi connectivity index (χ2n) is 8.23. The maximum Gasteiger partial charge on any atom is 0.387 e. The number of nitrogens with zero attached hydrogens (tertiary/aromatic N) is 1. The Balaban J connectivity index is 0.00000361. The second-order valence-corrected chi connectivity index (χ2v) is 9.08. The molecule has 1 saturated carbocycles. The highest BCUT2D eigenvalue weighted by Crippen LogP contribution is 2.37. The number of ether oxygens (including phenoxy) is 2. The Morgan fingerprint density at radius 1 is 1.22 bits per heavy atom. The molecule has 1 fully saturated rings. The Morgan fingerprint density at radius 2 is 1.97 bits per heavy atom. The highest BCUT2D eigenvalue weighted by molar-refractivity contribution is 6.35. The van der Waals surface area contributed by atoms with E-state index in [9.17, 15) is 13.6 Å². The summed E-state index contributed by atoms with van der Waals surface area (Å²) in [6.45, 7) is -0.824. The minimum atomic E-state index is -3.00. The molecule has 3 aromatic rings. The number of halogens is 5. The van der Waals surface area contributed by atoms with Crippen LogP contribution in [0, 0.1) is 5.92 Å². The van der Waals surface area contributed by atoms with Gasteiger partial charge in [-0.1, -0.05) is 29.3 Å². The van der Waals surface area contributed by atoms with E-state index in [1.807, 2.05) is 0 Å². The summed E-state index contributed by atoms with van der Waals surface area (Å²) < 4.78 is 41.7. The van der Waals surface area contributed by atoms with Gasteiger partial charge in [0.1, 0.15) is 0 Å². The first-order valence-electron chi connectivity index (χ1n) is 10.9. The number of amides is 1. The van der Waals surface area contributed by atoms with E-state index in [2.05, 4.69) is 15.0 Å². The molecule has 0 saturated heterocycles. The number of carbonyl (C=O) groups is 1. The van der Waals surface area contributed by atoms with Gasteiger partial charge in [-0.25, -0.2) is 4.98 Å². The largest absolute Gasteiger partial charge is 0.489 e. The molecule has 0 radical (unpaired) electrons. The van der Waals surface area contributed by atoms with Crippen molar-refractivity contribution < 1.29 is 27.5 Å². The lowest BCUT2D eigenvalue weighted by atomic mass is 10.2. The molecule has 0 aliphatic heterocycles. The molecule has 0 spiro atoms. The average molecular weight is 563 g/mol. The minimum absolute atomic E-state index is 0. The Labute approximate surface area is 222 Å². The van der Waals surface area contributed by atoms with Crippen LogP contribution in [0.1, 0.15) is 47.6 Å². The summed E-state index contributed by atoms with van der Waals surface area (Å²) in [5.74, 6) is 0.190. The first kappa shape index (κ1) is 28.0. The number of carbonyl (C=O) groups excluding carboxylic acids is 1. The fraction of sp³-hybridized carbons (Fsp3) is 0.333. The minimum Gasteiger partial charge on any atom is -0.489 e. The predicted octanol–water partition coefficient (Wildman–Crippen LogP) is 6.41. The molecule has 1 aromatic heterocycles. The second kappa shape index (κ2) is 12.1. The number of alkyl halides is 2. The third-order valence-electron chi connectivity index (χ3n) is 5.31. The van der Waals surface area contributed by atoms with Crippen molar-refractivity contribution in [2.75, 3.05) is 6.61 Å². The summed E-state index contributed by atoms with van der Waals surface area (Å²) >= 11 is 12.1. The average Bonchev–Trinajstić information content (AvgIpc) is 3.52. The van der Waals surface area contributed by atoms with Crippen molar-refractivity contribution in [3.8, 4) is 23.0 Å². The van der Waals surface area contributed by atoms with Crippen molar-refractivity contribution >= 4 is 41.5 Å². The zero-order valence-corrected chi connectivity index (χ0v) is 21.4. The molecule has 4 rings (SSSR count). The highest BCUT2D eigenvalue weighted by Gasteiger charge is 2.26. The summed E-state index contributed by atoms with van der Waals surface area (Å²) in [6, 6.07) is 8.65. The number of benzene rings is 2. The van der Waals surface area contributed by atoms with Gasteiger partial charge < -0.3 is 24.9 Å². The fourth-order valence-electron chi connectivity index (χ4n) is 3.29. The van der Waals surface area contributed by atoms with Gasteiger partial charge in [-0.05, 0) is 61.6 Å². The van der Waals surface area contributed by atoms with E-state index in [0.717, 1.165) is 12.8 Å². The molecule has 0 bridgehead atoms. The van der Waals surface area contributed by atoms with Gasteiger partial charge in [0.2, 0.25) is 5.89 Å². The van der Waals surface area contributed by atoms with Gasteiger partial charge in [0.25, 0.3) is 5.91 Å². The van der Waals surface area contributed by atoms with Gasteiger partial charge >= 0.3 is 6.61 Å². The smallest absolute Gasteiger partial charge is 0.387 e. The summed E-state index contributed by atoms with van der Waals surface area (Å²) in [5, 5.41) is 3.64. The summed E-state index contributed by atoms with van der Waals surface area (Å²) in [6.07, 6.45) is 2.06. The van der Waals surface area contributed by atoms with Crippen LogP contribution in [0.4, 0.5) is 8.78 Å². The van der Waals surface area contributed by atoms with Crippen molar-refractivity contribution in [3.05, 3.63) is 63.5 Å². The molecule has 1 amide bonds. The molecule has 1 atom stereocenters. The van der Waals surface area contributed by atoms with Crippen LogP contribution < -0.4 is 20.5 Å². The summed E-state index contributed by atoms with van der Waals surface area (Å²) in [5.41, 5.74) is 7.10. The molecule has 12 heteroatoms. The van der Waals surface area contributed by atoms with Gasteiger partial charge in [0.05, 0.1) is 12.6 Å². The number of oxazole rings is 1. The first-order chi connectivity index (χ1) is 16.7. The number of aromatic nitrogens is 1. The normalized spacial score (nSPS) is 13.8. The van der Waals surface area contributed by atoms with Crippen LogP contribution in [0.15, 0.2) is 40.8 Å². The number of hydrogen-bond acceptors (Lipinski definition) is 6. The summed E-state index contributed by atoms with van der Waals surface area (Å²) in [4.78, 5) is 17.2. The fourth-order valence-corrected chi connectivity index (χ4v) is 3.77. The van der Waals surface area contributed by atoms with Gasteiger partial charge in [-0.15, -0.1) is 12.4 Å². The maximum atomic E-state index is 12.9. The van der Waals surface area contributed by atoms with Crippen molar-refractivity contribution in [1.82, 2.24) is 10.3 Å². The molecule has 194 valence electrons. The van der Waals surface area contributed by atoms with Gasteiger partial charge in [-0.2, -0.15) is 8.78 Å². The molecule has 3 N–H and O–H groups in total. The lowest BCUT2D eigenvalue weighted by Crippen LogP contribution is -2.25. The summed E-state index contributed by atoms with van der Waals surface area (Å²) in [7, 11) is 0. The third kappa shape index (κ3) is 7.00. The Hall–Kier alpha value is -2.59. The van der Waals surface area contributed by atoms with Gasteiger partial charge in [0, 0.05) is 22.2 Å². The molecule has 1 heterocycles. The number of nitrogens with two attached hydrogens (primary N) is 1. The lowest BCUT2D eigenvalue weighted by molar-refractivity contribution is -0.0515. The van der Waals surface area contributed by atoms with Crippen LogP contribution in [-0.2, 0) is 6.54 Å². The Morgan fingerprint density at radius 3 is 2.61 bits per heavy atom. The van der Waals surface area contributed by atoms with Crippen molar-refractivity contribution in [3.63, 3.8) is 0 Å². The third-order valence-corrected chi connectivity index (χ3v) is 5.90. The molecule has 1 aliphatic carbocycles. The van der Waals surface area contributed by atoms with E-state index in [4.69, 9.17) is 38.1 Å². The highest BCUT2D eigenvalue weighted by atomic mass is 35.5. The molecule has 1 unspecified atom stereocenters. The number of nitrogens with one attached hydrogen (secondary N) is 1. The Bertz CT molecular complexity index is 1220. The van der Waals surface area contributed by atoms with Crippen LogP contribution in [0.25, 0.3) is 11.5 Å². The van der Waals surface area contributed by atoms with Crippen LogP contribution in [0.3, 0.4) is 0 Å². The predicted molar refractivity (Wildman–Crippen MR) is 134 cm³/mol. The quantitative estimate of drug-likeness (QED) is 0.296. The monoisotopic (exact) mass is 561 g/mol.